The maximum atomic E-state index is 2.65. The van der Waals surface area contributed by atoms with Gasteiger partial charge >= 0.3 is 81.5 Å². The molecule has 3 nitrogen and oxygen atoms in total. The van der Waals surface area contributed by atoms with Crippen molar-refractivity contribution >= 4 is 28.8 Å². The Bertz CT molecular complexity index is 155. The third-order valence-electron chi connectivity index (χ3n) is 2.81. The Hall–Kier alpha value is 0.568. The van der Waals surface area contributed by atoms with Crippen LogP contribution in [0.3, 0.4) is 0 Å². The van der Waals surface area contributed by atoms with Crippen LogP contribution in [-0.4, -0.2) is 56.4 Å². The molecule has 0 spiro atoms. The third kappa shape index (κ3) is 1.60. The van der Waals surface area contributed by atoms with Crippen molar-refractivity contribution in [1.29, 1.82) is 0 Å². The molecule has 0 amide bonds. The molecule has 0 saturated carbocycles. The third-order valence-corrected chi connectivity index (χ3v) is 6.15. The van der Waals surface area contributed by atoms with Crippen molar-refractivity contribution in [2.45, 2.75) is 25.1 Å². The number of nitrogens with zero attached hydrogens (tertiary/aromatic N) is 3. The van der Waals surface area contributed by atoms with Gasteiger partial charge in [0.2, 0.25) is 0 Å². The van der Waals surface area contributed by atoms with Crippen LogP contribution in [0.2, 0.25) is 25.1 Å². The van der Waals surface area contributed by atoms with E-state index in [1.54, 1.807) is 0 Å². The predicted octanol–water partition coefficient (Wildman–Crippen LogP) is 0.568. The van der Waals surface area contributed by atoms with E-state index < -0.39 is 14.9 Å². The Morgan fingerprint density at radius 1 is 0.917 bits per heavy atom. The molecule has 0 aromatic carbocycles. The van der Waals surface area contributed by atoms with Gasteiger partial charge in [-0.05, 0) is 0 Å². The fourth-order valence-corrected chi connectivity index (χ4v) is 5.28. The standard InChI is InChI=1S/C6H18AsB2N3/c1-7(2)12-8(3)10(5)11(6)9(12)4/h1-6H3. The minimum atomic E-state index is -0.730. The van der Waals surface area contributed by atoms with Crippen molar-refractivity contribution in [3.8, 4) is 0 Å². The summed E-state index contributed by atoms with van der Waals surface area (Å²) in [5.41, 5.74) is 4.79. The van der Waals surface area contributed by atoms with Gasteiger partial charge in [-0.25, -0.2) is 0 Å². The molecule has 0 N–H and O–H groups in total. The number of hydrogen-bond acceptors (Lipinski definition) is 3. The quantitative estimate of drug-likeness (QED) is 0.608. The van der Waals surface area contributed by atoms with Crippen LogP contribution >= 0.6 is 0 Å². The van der Waals surface area contributed by atoms with E-state index >= 15 is 0 Å². The van der Waals surface area contributed by atoms with E-state index in [2.05, 4.69) is 52.6 Å². The fraction of sp³-hybridized carbons (Fsp3) is 1.00. The Morgan fingerprint density at radius 2 is 1.25 bits per heavy atom. The monoisotopic (exact) mass is 229 g/mol. The Morgan fingerprint density at radius 3 is 1.42 bits per heavy atom. The minimum absolute atomic E-state index is 0.583. The van der Waals surface area contributed by atoms with E-state index in [0.717, 1.165) is 0 Å². The number of rotatable bonds is 1. The summed E-state index contributed by atoms with van der Waals surface area (Å²) in [6.07, 6.45) is 0. The van der Waals surface area contributed by atoms with Crippen molar-refractivity contribution in [1.82, 2.24) is 13.5 Å². The molecule has 6 heteroatoms. The summed E-state index contributed by atoms with van der Waals surface area (Å²) in [6, 6.07) is 0. The molecule has 1 aliphatic rings. The van der Waals surface area contributed by atoms with E-state index in [1.807, 2.05) is 0 Å². The molecule has 0 radical (unpaired) electrons. The van der Waals surface area contributed by atoms with Gasteiger partial charge in [0.05, 0.1) is 0 Å². The fourth-order valence-electron chi connectivity index (χ4n) is 1.85. The van der Waals surface area contributed by atoms with Crippen LogP contribution in [0.4, 0.5) is 0 Å². The van der Waals surface area contributed by atoms with Crippen molar-refractivity contribution in [2.75, 3.05) is 14.1 Å². The van der Waals surface area contributed by atoms with Crippen LogP contribution in [-0.2, 0) is 0 Å². The summed E-state index contributed by atoms with van der Waals surface area (Å²) in [5.74, 6) is 0. The molecule has 1 aliphatic heterocycles. The van der Waals surface area contributed by atoms with Gasteiger partial charge in [-0.15, -0.1) is 0 Å². The molecule has 0 aromatic heterocycles. The molecule has 0 aliphatic carbocycles. The van der Waals surface area contributed by atoms with Gasteiger partial charge in [0, 0.05) is 0 Å². The van der Waals surface area contributed by atoms with E-state index in [9.17, 15) is 0 Å². The van der Waals surface area contributed by atoms with Crippen LogP contribution in [0.5, 0.6) is 0 Å². The van der Waals surface area contributed by atoms with Gasteiger partial charge in [-0.1, -0.05) is 0 Å². The van der Waals surface area contributed by atoms with Crippen LogP contribution in [0.15, 0.2) is 0 Å². The zero-order valence-electron chi connectivity index (χ0n) is 8.94. The summed E-state index contributed by atoms with van der Waals surface area (Å²) in [4.78, 5) is 4.64. The van der Waals surface area contributed by atoms with Crippen LogP contribution in [0.25, 0.3) is 0 Å². The van der Waals surface area contributed by atoms with E-state index in [0.29, 0.717) is 14.0 Å². The zero-order chi connectivity index (χ0) is 9.46. The summed E-state index contributed by atoms with van der Waals surface area (Å²) in [7, 11) is 4.33. The molecular formula is C6H18AsB2N3. The molecule has 68 valence electrons. The Balaban J connectivity index is 2.76. The molecular weight excluding hydrogens is 211 g/mol. The molecule has 0 bridgehead atoms. The van der Waals surface area contributed by atoms with Gasteiger partial charge in [0.25, 0.3) is 0 Å². The second-order valence-corrected chi connectivity index (χ2v) is 8.16. The summed E-state index contributed by atoms with van der Waals surface area (Å²) in [5, 5.41) is 0. The topological polar surface area (TPSA) is 9.72 Å². The maximum absolute atomic E-state index is 2.65. The summed E-state index contributed by atoms with van der Waals surface area (Å²) < 4.78 is 2.65. The van der Waals surface area contributed by atoms with Gasteiger partial charge in [-0.3, -0.25) is 0 Å². The first-order chi connectivity index (χ1) is 5.46. The molecule has 0 aromatic rings. The Labute approximate surface area is 81.8 Å². The van der Waals surface area contributed by atoms with E-state index in [4.69, 9.17) is 0 Å². The second-order valence-electron chi connectivity index (χ2n) is 3.64. The summed E-state index contributed by atoms with van der Waals surface area (Å²) in [6.45, 7) is 5.74. The van der Waals surface area contributed by atoms with E-state index in [1.165, 1.54) is 0 Å². The number of hydrazine groups is 1. The van der Waals surface area contributed by atoms with Crippen LogP contribution in [0.1, 0.15) is 0 Å². The molecule has 0 atom stereocenters. The van der Waals surface area contributed by atoms with Gasteiger partial charge in [0.1, 0.15) is 0 Å². The van der Waals surface area contributed by atoms with Gasteiger partial charge in [0.15, 0.2) is 0 Å². The molecule has 1 heterocycles. The predicted molar refractivity (Wildman–Crippen MR) is 58.1 cm³/mol. The van der Waals surface area contributed by atoms with Crippen molar-refractivity contribution in [2.24, 2.45) is 0 Å². The first-order valence-corrected chi connectivity index (χ1v) is 8.97. The number of hydrogen-bond donors (Lipinski definition) is 0. The van der Waals surface area contributed by atoms with Crippen molar-refractivity contribution < 1.29 is 0 Å². The first-order valence-electron chi connectivity index (χ1n) is 4.38. The second kappa shape index (κ2) is 3.75. The Kier molecular flexibility index (Phi) is 3.33. The first kappa shape index (κ1) is 10.6. The average Bonchev–Trinajstić information content (AvgIpc) is 2.16. The summed E-state index contributed by atoms with van der Waals surface area (Å²) >= 11 is -0.730. The molecule has 1 saturated heterocycles. The molecule has 12 heavy (non-hydrogen) atoms. The van der Waals surface area contributed by atoms with Crippen molar-refractivity contribution in [3.63, 3.8) is 0 Å². The average molecular weight is 229 g/mol. The normalized spacial score (nSPS) is 23.2. The molecule has 1 fully saturated rings. The molecule has 0 unspecified atom stereocenters. The SMILES string of the molecule is CB1N(C)N(C)B(C)N1[As](C)C. The van der Waals surface area contributed by atoms with E-state index in [-0.39, 0.29) is 0 Å². The molecule has 1 rings (SSSR count). The zero-order valence-corrected chi connectivity index (χ0v) is 10.8. The van der Waals surface area contributed by atoms with Gasteiger partial charge < -0.3 is 0 Å². The van der Waals surface area contributed by atoms with Crippen LogP contribution < -0.4 is 0 Å². The van der Waals surface area contributed by atoms with Crippen LogP contribution in [0, 0.1) is 0 Å². The van der Waals surface area contributed by atoms with Gasteiger partial charge in [-0.2, -0.15) is 0 Å². The van der Waals surface area contributed by atoms with Crippen molar-refractivity contribution in [3.05, 3.63) is 0 Å².